The first kappa shape index (κ1) is 15.3. The maximum atomic E-state index is 12.5. The molecule has 0 aromatic carbocycles. The molecule has 8 heteroatoms. The number of carboxylic acids is 2. The summed E-state index contributed by atoms with van der Waals surface area (Å²) < 4.78 is 25.1. The highest BCUT2D eigenvalue weighted by Gasteiger charge is 2.37. The average Bonchev–Trinajstić information content (AvgIpc) is 2.88. The van der Waals surface area contributed by atoms with Gasteiger partial charge in [-0.2, -0.15) is 0 Å². The van der Waals surface area contributed by atoms with Gasteiger partial charge in [-0.3, -0.25) is 4.79 Å². The van der Waals surface area contributed by atoms with Crippen LogP contribution in [0.25, 0.3) is 5.57 Å². The van der Waals surface area contributed by atoms with Crippen molar-refractivity contribution in [1.29, 1.82) is 0 Å². The number of hydrogen-bond donors (Lipinski definition) is 2. The van der Waals surface area contributed by atoms with Crippen molar-refractivity contribution in [2.24, 2.45) is 5.41 Å². The van der Waals surface area contributed by atoms with Crippen LogP contribution >= 0.6 is 11.3 Å². The third-order valence-electron chi connectivity index (χ3n) is 3.21. The maximum Gasteiger partial charge on any atom is 0.332 e. The van der Waals surface area contributed by atoms with Crippen molar-refractivity contribution in [3.63, 3.8) is 0 Å². The Morgan fingerprint density at radius 2 is 2.10 bits per heavy atom. The highest BCUT2D eigenvalue weighted by Crippen LogP contribution is 2.39. The quantitative estimate of drug-likeness (QED) is 0.892. The van der Waals surface area contributed by atoms with E-state index in [0.29, 0.717) is 0 Å². The van der Waals surface area contributed by atoms with E-state index >= 15 is 0 Å². The van der Waals surface area contributed by atoms with E-state index < -0.39 is 29.5 Å². The Hall–Kier alpha value is -2.09. The van der Waals surface area contributed by atoms with Crippen LogP contribution in [0, 0.1) is 5.41 Å². The van der Waals surface area contributed by atoms with E-state index in [4.69, 9.17) is 5.11 Å². The van der Waals surface area contributed by atoms with Gasteiger partial charge in [-0.1, -0.05) is 12.2 Å². The van der Waals surface area contributed by atoms with Crippen LogP contribution in [0.2, 0.25) is 0 Å². The van der Waals surface area contributed by atoms with Crippen molar-refractivity contribution < 1.29 is 28.6 Å². The topological polar surface area (TPSA) is 87.5 Å². The molecule has 0 saturated carbocycles. The van der Waals surface area contributed by atoms with E-state index in [9.17, 15) is 23.5 Å². The van der Waals surface area contributed by atoms with Crippen LogP contribution in [0.4, 0.5) is 8.78 Å². The van der Waals surface area contributed by atoms with Crippen molar-refractivity contribution in [2.45, 2.75) is 19.8 Å². The summed E-state index contributed by atoms with van der Waals surface area (Å²) in [6, 6.07) is 0. The number of thiazole rings is 1. The molecule has 0 bridgehead atoms. The zero-order valence-corrected chi connectivity index (χ0v) is 11.7. The zero-order chi connectivity index (χ0) is 15.8. The Bertz CT molecular complexity index is 665. The molecule has 112 valence electrons. The Kier molecular flexibility index (Phi) is 3.91. The van der Waals surface area contributed by atoms with E-state index in [-0.39, 0.29) is 22.6 Å². The summed E-state index contributed by atoms with van der Waals surface area (Å²) in [5.74, 6) is -2.43. The molecule has 0 amide bonds. The summed E-state index contributed by atoms with van der Waals surface area (Å²) in [7, 11) is 0. The van der Waals surface area contributed by atoms with Crippen molar-refractivity contribution in [3.8, 4) is 0 Å². The number of alkyl halides is 2. The van der Waals surface area contributed by atoms with Gasteiger partial charge in [0.2, 0.25) is 0 Å². The number of allylic oxidation sites excluding steroid dienone is 2. The fourth-order valence-corrected chi connectivity index (χ4v) is 2.80. The lowest BCUT2D eigenvalue weighted by atomic mass is 9.78. The van der Waals surface area contributed by atoms with E-state index in [1.54, 1.807) is 0 Å². The summed E-state index contributed by atoms with van der Waals surface area (Å²) in [5, 5.41) is 19.7. The number of nitrogens with zero attached hydrogens (tertiary/aromatic N) is 1. The molecule has 0 aliphatic heterocycles. The van der Waals surface area contributed by atoms with Gasteiger partial charge in [0.05, 0.1) is 5.41 Å². The van der Waals surface area contributed by atoms with E-state index in [1.807, 2.05) is 0 Å². The second-order valence-electron chi connectivity index (χ2n) is 4.81. The summed E-state index contributed by atoms with van der Waals surface area (Å²) in [6.07, 6.45) is -0.274. The molecule has 1 aliphatic carbocycles. The van der Waals surface area contributed by atoms with E-state index in [2.05, 4.69) is 4.98 Å². The SMILES string of the molecule is CC1(C(=O)O)C=CC(c2nc(C(F)F)cs2)=C(C(=O)O)C1. The fourth-order valence-electron chi connectivity index (χ4n) is 1.94. The van der Waals surface area contributed by atoms with Gasteiger partial charge in [-0.25, -0.2) is 18.6 Å². The van der Waals surface area contributed by atoms with Crippen LogP contribution in [0.1, 0.15) is 30.5 Å². The minimum Gasteiger partial charge on any atom is -0.481 e. The highest BCUT2D eigenvalue weighted by atomic mass is 32.1. The molecule has 1 atom stereocenters. The van der Waals surface area contributed by atoms with Gasteiger partial charge in [-0.05, 0) is 13.3 Å². The van der Waals surface area contributed by atoms with Crippen LogP contribution in [-0.2, 0) is 9.59 Å². The van der Waals surface area contributed by atoms with Gasteiger partial charge in [0.25, 0.3) is 6.43 Å². The number of carboxylic acid groups (broad SMARTS) is 2. The number of rotatable bonds is 4. The van der Waals surface area contributed by atoms with Crippen LogP contribution in [0.5, 0.6) is 0 Å². The van der Waals surface area contributed by atoms with Gasteiger partial charge in [0.15, 0.2) is 0 Å². The summed E-state index contributed by atoms with van der Waals surface area (Å²) >= 11 is 0.903. The van der Waals surface area contributed by atoms with Gasteiger partial charge in [0.1, 0.15) is 10.7 Å². The Morgan fingerprint density at radius 1 is 1.43 bits per heavy atom. The Labute approximate surface area is 122 Å². The number of halogens is 2. The molecule has 2 rings (SSSR count). The minimum absolute atomic E-state index is 0.141. The normalized spacial score (nSPS) is 21.9. The second-order valence-corrected chi connectivity index (χ2v) is 5.67. The number of hydrogen-bond acceptors (Lipinski definition) is 4. The molecule has 2 N–H and O–H groups in total. The minimum atomic E-state index is -2.74. The van der Waals surface area contributed by atoms with Crippen LogP contribution in [0.3, 0.4) is 0 Å². The molecule has 1 aromatic rings. The van der Waals surface area contributed by atoms with Crippen molar-refractivity contribution in [3.05, 3.63) is 33.8 Å². The van der Waals surface area contributed by atoms with Gasteiger partial charge in [0, 0.05) is 16.5 Å². The molecule has 1 unspecified atom stereocenters. The van der Waals surface area contributed by atoms with Gasteiger partial charge in [-0.15, -0.1) is 11.3 Å². The zero-order valence-electron chi connectivity index (χ0n) is 10.8. The van der Waals surface area contributed by atoms with Crippen LogP contribution < -0.4 is 0 Å². The number of aliphatic carboxylic acids is 2. The Balaban J connectivity index is 2.47. The lowest BCUT2D eigenvalue weighted by Crippen LogP contribution is -2.29. The first-order chi connectivity index (χ1) is 9.74. The molecular formula is C13H11F2NO4S. The van der Waals surface area contributed by atoms with Crippen LogP contribution in [-0.4, -0.2) is 27.1 Å². The molecule has 1 heterocycles. The predicted molar refractivity (Wildman–Crippen MR) is 71.1 cm³/mol. The van der Waals surface area contributed by atoms with Gasteiger partial charge >= 0.3 is 11.9 Å². The molecule has 0 radical (unpaired) electrons. The number of aromatic nitrogens is 1. The van der Waals surface area contributed by atoms with Crippen molar-refractivity contribution in [2.75, 3.05) is 0 Å². The third-order valence-corrected chi connectivity index (χ3v) is 4.10. The molecule has 0 spiro atoms. The van der Waals surface area contributed by atoms with Gasteiger partial charge < -0.3 is 10.2 Å². The lowest BCUT2D eigenvalue weighted by molar-refractivity contribution is -0.145. The first-order valence-corrected chi connectivity index (χ1v) is 6.75. The molecular weight excluding hydrogens is 304 g/mol. The predicted octanol–water partition coefficient (Wildman–Crippen LogP) is 2.97. The fraction of sp³-hybridized carbons (Fsp3) is 0.308. The molecule has 5 nitrogen and oxygen atoms in total. The molecule has 1 aromatic heterocycles. The van der Waals surface area contributed by atoms with Crippen LogP contribution in [0.15, 0.2) is 23.1 Å². The highest BCUT2D eigenvalue weighted by molar-refractivity contribution is 7.10. The molecule has 1 aliphatic rings. The third kappa shape index (κ3) is 2.85. The average molecular weight is 315 g/mol. The van der Waals surface area contributed by atoms with Crippen molar-refractivity contribution >= 4 is 28.8 Å². The first-order valence-electron chi connectivity index (χ1n) is 5.87. The van der Waals surface area contributed by atoms with E-state index in [0.717, 1.165) is 16.7 Å². The second kappa shape index (κ2) is 5.36. The Morgan fingerprint density at radius 3 is 2.57 bits per heavy atom. The maximum absolute atomic E-state index is 12.5. The summed E-state index contributed by atoms with van der Waals surface area (Å²) in [5.41, 5.74) is -1.72. The van der Waals surface area contributed by atoms with E-state index in [1.165, 1.54) is 19.1 Å². The monoisotopic (exact) mass is 315 g/mol. The summed E-state index contributed by atoms with van der Waals surface area (Å²) in [6.45, 7) is 1.40. The summed E-state index contributed by atoms with van der Waals surface area (Å²) in [4.78, 5) is 26.2. The largest absolute Gasteiger partial charge is 0.481 e. The lowest BCUT2D eigenvalue weighted by Gasteiger charge is -2.25. The molecule has 21 heavy (non-hydrogen) atoms. The smallest absolute Gasteiger partial charge is 0.332 e. The van der Waals surface area contributed by atoms with Crippen molar-refractivity contribution in [1.82, 2.24) is 4.98 Å². The molecule has 0 saturated heterocycles. The molecule has 0 fully saturated rings. The number of carbonyl (C=O) groups is 2. The standard InChI is InChI=1S/C13H11F2NO4S/c1-13(12(19)20)3-2-6(7(4-13)11(17)18)10-16-8(5-21-10)9(14)15/h2-3,5,9H,4H2,1H3,(H,17,18)(H,19,20).